The number of aliphatic hydroxyl groups excluding tert-OH is 1. The van der Waals surface area contributed by atoms with Gasteiger partial charge in [-0.1, -0.05) is 52.3 Å². The van der Waals surface area contributed by atoms with Crippen molar-refractivity contribution in [1.82, 2.24) is 4.98 Å². The first-order valence-corrected chi connectivity index (χ1v) is 7.71. The summed E-state index contributed by atoms with van der Waals surface area (Å²) in [5.74, 6) is 0. The van der Waals surface area contributed by atoms with Crippen molar-refractivity contribution >= 4 is 26.8 Å². The number of rotatable bonds is 3. The van der Waals surface area contributed by atoms with Gasteiger partial charge in [0, 0.05) is 22.0 Å². The summed E-state index contributed by atoms with van der Waals surface area (Å²) in [5.41, 5.74) is 3.93. The lowest BCUT2D eigenvalue weighted by atomic mass is 10.0. The standard InChI is InChI=1S/C18H16BrNO/c1-12-6-7-14(10-16(12)19)18(21)11-15-9-8-13-4-2-3-5-17(13)20-15/h2-10,18,21H,11H2,1H3. The van der Waals surface area contributed by atoms with E-state index in [1.807, 2.05) is 55.5 Å². The molecule has 3 rings (SSSR count). The normalized spacial score (nSPS) is 12.5. The first-order chi connectivity index (χ1) is 10.1. The number of hydrogen-bond donors (Lipinski definition) is 1. The molecule has 0 radical (unpaired) electrons. The molecule has 0 amide bonds. The second-order valence-corrected chi connectivity index (χ2v) is 6.08. The van der Waals surface area contributed by atoms with Crippen LogP contribution in [-0.4, -0.2) is 10.1 Å². The van der Waals surface area contributed by atoms with Gasteiger partial charge in [0.25, 0.3) is 0 Å². The van der Waals surface area contributed by atoms with E-state index in [-0.39, 0.29) is 0 Å². The molecule has 0 aliphatic carbocycles. The SMILES string of the molecule is Cc1ccc(C(O)Cc2ccc3ccccc3n2)cc1Br. The van der Waals surface area contributed by atoms with Crippen LogP contribution in [0.1, 0.15) is 22.9 Å². The smallest absolute Gasteiger partial charge is 0.0845 e. The van der Waals surface area contributed by atoms with E-state index in [1.54, 1.807) is 0 Å². The minimum Gasteiger partial charge on any atom is -0.388 e. The summed E-state index contributed by atoms with van der Waals surface area (Å²) < 4.78 is 1.02. The van der Waals surface area contributed by atoms with Gasteiger partial charge in [-0.15, -0.1) is 0 Å². The van der Waals surface area contributed by atoms with Gasteiger partial charge in [-0.3, -0.25) is 4.98 Å². The van der Waals surface area contributed by atoms with E-state index in [0.29, 0.717) is 6.42 Å². The van der Waals surface area contributed by atoms with E-state index in [2.05, 4.69) is 27.0 Å². The minimum absolute atomic E-state index is 0.514. The monoisotopic (exact) mass is 341 g/mol. The van der Waals surface area contributed by atoms with Crippen LogP contribution in [0.5, 0.6) is 0 Å². The summed E-state index contributed by atoms with van der Waals surface area (Å²) >= 11 is 3.51. The average Bonchev–Trinajstić information content (AvgIpc) is 2.50. The number of hydrogen-bond acceptors (Lipinski definition) is 2. The highest BCUT2D eigenvalue weighted by Gasteiger charge is 2.11. The molecule has 1 aromatic heterocycles. The fraction of sp³-hybridized carbons (Fsp3) is 0.167. The fourth-order valence-electron chi connectivity index (χ4n) is 2.35. The number of halogens is 1. The van der Waals surface area contributed by atoms with Gasteiger partial charge >= 0.3 is 0 Å². The second-order valence-electron chi connectivity index (χ2n) is 5.22. The quantitative estimate of drug-likeness (QED) is 0.756. The van der Waals surface area contributed by atoms with Crippen LogP contribution >= 0.6 is 15.9 Å². The number of para-hydroxylation sites is 1. The molecule has 0 bridgehead atoms. The van der Waals surface area contributed by atoms with Crippen LogP contribution in [-0.2, 0) is 6.42 Å². The van der Waals surface area contributed by atoms with Gasteiger partial charge in [-0.2, -0.15) is 0 Å². The number of nitrogens with zero attached hydrogens (tertiary/aromatic N) is 1. The molecule has 0 aliphatic heterocycles. The second kappa shape index (κ2) is 5.96. The largest absolute Gasteiger partial charge is 0.388 e. The molecule has 3 aromatic rings. The average molecular weight is 342 g/mol. The summed E-state index contributed by atoms with van der Waals surface area (Å²) in [4.78, 5) is 4.61. The van der Waals surface area contributed by atoms with Crippen LogP contribution in [0, 0.1) is 6.92 Å². The van der Waals surface area contributed by atoms with Crippen molar-refractivity contribution in [2.24, 2.45) is 0 Å². The third-order valence-electron chi connectivity index (χ3n) is 3.64. The Bertz CT molecular complexity index is 785. The fourth-order valence-corrected chi connectivity index (χ4v) is 2.75. The number of aromatic nitrogens is 1. The molecule has 1 atom stereocenters. The number of aliphatic hydroxyl groups is 1. The van der Waals surface area contributed by atoms with Crippen molar-refractivity contribution in [3.63, 3.8) is 0 Å². The minimum atomic E-state index is -0.546. The zero-order valence-electron chi connectivity index (χ0n) is 11.8. The third kappa shape index (κ3) is 3.14. The maximum absolute atomic E-state index is 10.4. The lowest BCUT2D eigenvalue weighted by molar-refractivity contribution is 0.177. The molecule has 0 saturated carbocycles. The van der Waals surface area contributed by atoms with Gasteiger partial charge in [-0.25, -0.2) is 0 Å². The first kappa shape index (κ1) is 14.2. The van der Waals surface area contributed by atoms with Crippen molar-refractivity contribution < 1.29 is 5.11 Å². The molecule has 0 fully saturated rings. The molecule has 3 heteroatoms. The molecule has 106 valence electrons. The number of aryl methyl sites for hydroxylation is 1. The van der Waals surface area contributed by atoms with Gasteiger partial charge in [0.1, 0.15) is 0 Å². The zero-order valence-corrected chi connectivity index (χ0v) is 13.3. The number of fused-ring (bicyclic) bond motifs is 1. The summed E-state index contributed by atoms with van der Waals surface area (Å²) in [5, 5.41) is 11.5. The van der Waals surface area contributed by atoms with Crippen molar-refractivity contribution in [3.05, 3.63) is 75.9 Å². The van der Waals surface area contributed by atoms with Crippen LogP contribution in [0.2, 0.25) is 0 Å². The Morgan fingerprint density at radius 3 is 2.71 bits per heavy atom. The van der Waals surface area contributed by atoms with Crippen LogP contribution in [0.3, 0.4) is 0 Å². The molecule has 0 aliphatic rings. The van der Waals surface area contributed by atoms with Crippen molar-refractivity contribution in [3.8, 4) is 0 Å². The Kier molecular flexibility index (Phi) is 4.04. The highest BCUT2D eigenvalue weighted by molar-refractivity contribution is 9.10. The van der Waals surface area contributed by atoms with E-state index < -0.39 is 6.10 Å². The van der Waals surface area contributed by atoms with E-state index in [1.165, 1.54) is 0 Å². The third-order valence-corrected chi connectivity index (χ3v) is 4.49. The predicted octanol–water partition coefficient (Wildman–Crippen LogP) is 4.58. The van der Waals surface area contributed by atoms with Gasteiger partial charge < -0.3 is 5.11 Å². The van der Waals surface area contributed by atoms with E-state index in [4.69, 9.17) is 0 Å². The Morgan fingerprint density at radius 1 is 1.10 bits per heavy atom. The maximum Gasteiger partial charge on any atom is 0.0845 e. The molecule has 2 nitrogen and oxygen atoms in total. The van der Waals surface area contributed by atoms with Gasteiger partial charge in [0.2, 0.25) is 0 Å². The predicted molar refractivity (Wildman–Crippen MR) is 89.3 cm³/mol. The number of pyridine rings is 1. The Labute approximate surface area is 132 Å². The van der Waals surface area contributed by atoms with Gasteiger partial charge in [0.15, 0.2) is 0 Å². The first-order valence-electron chi connectivity index (χ1n) is 6.92. The maximum atomic E-state index is 10.4. The molecule has 2 aromatic carbocycles. The highest BCUT2D eigenvalue weighted by Crippen LogP contribution is 2.24. The molecular formula is C18H16BrNO. The van der Waals surface area contributed by atoms with Crippen LogP contribution < -0.4 is 0 Å². The molecule has 1 N–H and O–H groups in total. The lowest BCUT2D eigenvalue weighted by Gasteiger charge is -2.12. The summed E-state index contributed by atoms with van der Waals surface area (Å²) in [6, 6.07) is 18.0. The molecule has 1 heterocycles. The highest BCUT2D eigenvalue weighted by atomic mass is 79.9. The van der Waals surface area contributed by atoms with Gasteiger partial charge in [0.05, 0.1) is 11.6 Å². The van der Waals surface area contributed by atoms with Crippen LogP contribution in [0.4, 0.5) is 0 Å². The van der Waals surface area contributed by atoms with E-state index in [0.717, 1.165) is 32.2 Å². The van der Waals surface area contributed by atoms with Crippen molar-refractivity contribution in [2.75, 3.05) is 0 Å². The van der Waals surface area contributed by atoms with E-state index >= 15 is 0 Å². The van der Waals surface area contributed by atoms with Crippen molar-refractivity contribution in [2.45, 2.75) is 19.4 Å². The lowest BCUT2D eigenvalue weighted by Crippen LogP contribution is -2.03. The number of benzene rings is 2. The molecule has 1 unspecified atom stereocenters. The topological polar surface area (TPSA) is 33.1 Å². The Balaban J connectivity index is 1.85. The summed E-state index contributed by atoms with van der Waals surface area (Å²) in [6.07, 6.45) is -0.0316. The van der Waals surface area contributed by atoms with E-state index in [9.17, 15) is 5.11 Å². The summed E-state index contributed by atoms with van der Waals surface area (Å²) in [7, 11) is 0. The van der Waals surface area contributed by atoms with Gasteiger partial charge in [-0.05, 0) is 36.2 Å². The molecule has 21 heavy (non-hydrogen) atoms. The summed E-state index contributed by atoms with van der Waals surface area (Å²) in [6.45, 7) is 2.03. The van der Waals surface area contributed by atoms with Crippen LogP contribution in [0.15, 0.2) is 59.1 Å². The zero-order chi connectivity index (χ0) is 14.8. The molecule has 0 saturated heterocycles. The molecular weight excluding hydrogens is 326 g/mol. The van der Waals surface area contributed by atoms with Crippen molar-refractivity contribution in [1.29, 1.82) is 0 Å². The Hall–Kier alpha value is -1.71. The van der Waals surface area contributed by atoms with Crippen LogP contribution in [0.25, 0.3) is 10.9 Å². The molecule has 0 spiro atoms. The Morgan fingerprint density at radius 2 is 1.90 bits per heavy atom.